The number of rotatable bonds is 4. The SMILES string of the molecule is CC(C)C(S)C(=O)N(CC(F)(F)F)C1CC1. The van der Waals surface area contributed by atoms with Crippen LogP contribution < -0.4 is 0 Å². The first-order valence-electron chi connectivity index (χ1n) is 5.27. The second kappa shape index (κ2) is 4.85. The molecule has 0 aromatic rings. The minimum absolute atomic E-state index is 0.0645. The fourth-order valence-corrected chi connectivity index (χ4v) is 1.57. The predicted octanol–water partition coefficient (Wildman–Crippen LogP) is 2.49. The zero-order valence-corrected chi connectivity index (χ0v) is 10.2. The van der Waals surface area contributed by atoms with Crippen LogP contribution in [0.25, 0.3) is 0 Å². The topological polar surface area (TPSA) is 20.3 Å². The average Bonchev–Trinajstić information content (AvgIpc) is 2.93. The molecule has 0 saturated heterocycles. The molecule has 0 radical (unpaired) electrons. The third kappa shape index (κ3) is 3.88. The molecule has 0 aromatic carbocycles. The Kier molecular flexibility index (Phi) is 4.15. The van der Waals surface area contributed by atoms with E-state index in [9.17, 15) is 18.0 Å². The zero-order chi connectivity index (χ0) is 12.5. The van der Waals surface area contributed by atoms with Crippen molar-refractivity contribution >= 4 is 18.5 Å². The largest absolute Gasteiger partial charge is 0.406 e. The first kappa shape index (κ1) is 13.7. The summed E-state index contributed by atoms with van der Waals surface area (Å²) in [4.78, 5) is 12.7. The molecule has 1 fully saturated rings. The highest BCUT2D eigenvalue weighted by molar-refractivity contribution is 7.81. The average molecular weight is 255 g/mol. The zero-order valence-electron chi connectivity index (χ0n) is 9.29. The van der Waals surface area contributed by atoms with Crippen LogP contribution >= 0.6 is 12.6 Å². The fraction of sp³-hybridized carbons (Fsp3) is 0.900. The summed E-state index contributed by atoms with van der Waals surface area (Å²) in [5.41, 5.74) is 0. The van der Waals surface area contributed by atoms with Gasteiger partial charge in [0.1, 0.15) is 6.54 Å². The minimum Gasteiger partial charge on any atom is -0.330 e. The van der Waals surface area contributed by atoms with Gasteiger partial charge in [-0.05, 0) is 18.8 Å². The second-order valence-corrected chi connectivity index (χ2v) is 5.06. The first-order valence-corrected chi connectivity index (χ1v) is 5.79. The molecule has 0 aromatic heterocycles. The Labute approximate surface area is 98.6 Å². The van der Waals surface area contributed by atoms with Gasteiger partial charge < -0.3 is 4.90 Å². The Hall–Kier alpha value is -0.390. The van der Waals surface area contributed by atoms with E-state index < -0.39 is 23.9 Å². The predicted molar refractivity (Wildman–Crippen MR) is 58.4 cm³/mol. The van der Waals surface area contributed by atoms with Gasteiger partial charge in [-0.3, -0.25) is 4.79 Å². The number of nitrogens with zero attached hydrogens (tertiary/aromatic N) is 1. The number of thiol groups is 1. The van der Waals surface area contributed by atoms with Crippen molar-refractivity contribution in [3.8, 4) is 0 Å². The summed E-state index contributed by atoms with van der Waals surface area (Å²) in [5.74, 6) is -0.566. The summed E-state index contributed by atoms with van der Waals surface area (Å²) in [6, 6.07) is -0.234. The number of carbonyl (C=O) groups excluding carboxylic acids is 1. The Bertz CT molecular complexity index is 263. The smallest absolute Gasteiger partial charge is 0.330 e. The van der Waals surface area contributed by atoms with Gasteiger partial charge in [-0.15, -0.1) is 0 Å². The third-order valence-corrected chi connectivity index (χ3v) is 3.32. The highest BCUT2D eigenvalue weighted by Crippen LogP contribution is 2.31. The van der Waals surface area contributed by atoms with E-state index in [0.717, 1.165) is 4.90 Å². The molecule has 16 heavy (non-hydrogen) atoms. The van der Waals surface area contributed by atoms with Crippen molar-refractivity contribution in [1.29, 1.82) is 0 Å². The normalized spacial score (nSPS) is 18.7. The number of carbonyl (C=O) groups is 1. The maximum atomic E-state index is 12.3. The molecule has 6 heteroatoms. The monoisotopic (exact) mass is 255 g/mol. The van der Waals surface area contributed by atoms with Crippen LogP contribution in [0, 0.1) is 5.92 Å². The number of hydrogen-bond acceptors (Lipinski definition) is 2. The lowest BCUT2D eigenvalue weighted by molar-refractivity contribution is -0.162. The highest BCUT2D eigenvalue weighted by atomic mass is 32.1. The van der Waals surface area contributed by atoms with Crippen molar-refractivity contribution in [2.45, 2.75) is 44.2 Å². The van der Waals surface area contributed by atoms with Gasteiger partial charge >= 0.3 is 6.18 Å². The highest BCUT2D eigenvalue weighted by Gasteiger charge is 2.42. The van der Waals surface area contributed by atoms with Crippen LogP contribution in [-0.2, 0) is 4.79 Å². The summed E-state index contributed by atoms with van der Waals surface area (Å²) >= 11 is 4.07. The van der Waals surface area contributed by atoms with Crippen molar-refractivity contribution in [3.63, 3.8) is 0 Å². The molecule has 94 valence electrons. The summed E-state index contributed by atoms with van der Waals surface area (Å²) in [7, 11) is 0. The molecule has 0 aliphatic heterocycles. The molecule has 1 amide bonds. The van der Waals surface area contributed by atoms with Gasteiger partial charge in [0.2, 0.25) is 5.91 Å². The van der Waals surface area contributed by atoms with Gasteiger partial charge in [0.05, 0.1) is 5.25 Å². The standard InChI is InChI=1S/C10H16F3NOS/c1-6(2)8(16)9(15)14(7-3-4-7)5-10(11,12)13/h6-8,16H,3-5H2,1-2H3. The Morgan fingerprint density at radius 3 is 2.25 bits per heavy atom. The van der Waals surface area contributed by atoms with E-state index in [1.165, 1.54) is 0 Å². The van der Waals surface area contributed by atoms with Crippen LogP contribution in [0.5, 0.6) is 0 Å². The maximum absolute atomic E-state index is 12.3. The molecule has 0 bridgehead atoms. The lowest BCUT2D eigenvalue weighted by atomic mass is 10.1. The number of alkyl halides is 3. The molecule has 1 rings (SSSR count). The van der Waals surface area contributed by atoms with Crippen LogP contribution in [0.4, 0.5) is 13.2 Å². The van der Waals surface area contributed by atoms with E-state index in [1.807, 2.05) is 0 Å². The molecule has 1 aliphatic carbocycles. The van der Waals surface area contributed by atoms with E-state index in [-0.39, 0.29) is 12.0 Å². The third-order valence-electron chi connectivity index (χ3n) is 2.50. The van der Waals surface area contributed by atoms with E-state index in [0.29, 0.717) is 12.8 Å². The van der Waals surface area contributed by atoms with Gasteiger partial charge in [0.25, 0.3) is 0 Å². The lowest BCUT2D eigenvalue weighted by Crippen LogP contribution is -2.45. The van der Waals surface area contributed by atoms with E-state index >= 15 is 0 Å². The fourth-order valence-electron chi connectivity index (χ4n) is 1.42. The summed E-state index contributed by atoms with van der Waals surface area (Å²) in [5, 5.41) is -0.650. The molecule has 1 aliphatic rings. The first-order chi connectivity index (χ1) is 7.22. The molecule has 2 nitrogen and oxygen atoms in total. The van der Waals surface area contributed by atoms with Crippen molar-refractivity contribution in [3.05, 3.63) is 0 Å². The van der Waals surface area contributed by atoms with Gasteiger partial charge in [-0.2, -0.15) is 25.8 Å². The second-order valence-electron chi connectivity index (χ2n) is 4.50. The maximum Gasteiger partial charge on any atom is 0.406 e. The van der Waals surface area contributed by atoms with E-state index in [2.05, 4.69) is 12.6 Å². The summed E-state index contributed by atoms with van der Waals surface area (Å²) in [6.45, 7) is 2.39. The summed E-state index contributed by atoms with van der Waals surface area (Å²) < 4.78 is 36.9. The Morgan fingerprint density at radius 1 is 1.44 bits per heavy atom. The van der Waals surface area contributed by atoms with Crippen molar-refractivity contribution in [1.82, 2.24) is 4.90 Å². The minimum atomic E-state index is -4.33. The van der Waals surface area contributed by atoms with Crippen LogP contribution in [0.3, 0.4) is 0 Å². The number of hydrogen-bond donors (Lipinski definition) is 1. The molecule has 1 unspecified atom stereocenters. The summed E-state index contributed by atoms with van der Waals surface area (Å²) in [6.07, 6.45) is -3.00. The number of amides is 1. The van der Waals surface area contributed by atoms with Crippen LogP contribution in [0.2, 0.25) is 0 Å². The van der Waals surface area contributed by atoms with Crippen LogP contribution in [0.15, 0.2) is 0 Å². The Balaban J connectivity index is 2.66. The van der Waals surface area contributed by atoms with E-state index in [4.69, 9.17) is 0 Å². The molecule has 1 saturated carbocycles. The van der Waals surface area contributed by atoms with Crippen molar-refractivity contribution in [2.75, 3.05) is 6.54 Å². The molecule has 0 spiro atoms. The molecule has 0 heterocycles. The van der Waals surface area contributed by atoms with E-state index in [1.54, 1.807) is 13.8 Å². The van der Waals surface area contributed by atoms with Crippen molar-refractivity contribution in [2.24, 2.45) is 5.92 Å². The molecule has 0 N–H and O–H groups in total. The number of halogens is 3. The lowest BCUT2D eigenvalue weighted by Gasteiger charge is -2.27. The van der Waals surface area contributed by atoms with Crippen LogP contribution in [0.1, 0.15) is 26.7 Å². The van der Waals surface area contributed by atoms with Crippen molar-refractivity contribution < 1.29 is 18.0 Å². The Morgan fingerprint density at radius 2 is 1.94 bits per heavy atom. The van der Waals surface area contributed by atoms with Gasteiger partial charge in [-0.25, -0.2) is 0 Å². The van der Waals surface area contributed by atoms with Crippen LogP contribution in [-0.4, -0.2) is 34.8 Å². The van der Waals surface area contributed by atoms with Gasteiger partial charge in [0.15, 0.2) is 0 Å². The quantitative estimate of drug-likeness (QED) is 0.765. The van der Waals surface area contributed by atoms with Gasteiger partial charge in [0, 0.05) is 6.04 Å². The molecule has 1 atom stereocenters. The molecular formula is C10H16F3NOS. The van der Waals surface area contributed by atoms with Gasteiger partial charge in [-0.1, -0.05) is 13.8 Å². The molecular weight excluding hydrogens is 239 g/mol.